The quantitative estimate of drug-likeness (QED) is 0.0220. The Hall–Kier alpha value is -2.95. The van der Waals surface area contributed by atoms with Crippen molar-refractivity contribution in [2.45, 2.75) is 161 Å². The number of phosphoric acid groups is 1. The Morgan fingerprint density at radius 3 is 1.53 bits per heavy atom. The molecule has 58 heavy (non-hydrogen) atoms. The van der Waals surface area contributed by atoms with Crippen molar-refractivity contribution in [3.8, 4) is 0 Å². The Labute approximate surface area is 350 Å². The molecule has 0 fully saturated rings. The molecule has 2 rings (SSSR count). The van der Waals surface area contributed by atoms with Crippen molar-refractivity contribution in [1.29, 1.82) is 0 Å². The zero-order valence-corrected chi connectivity index (χ0v) is 37.5. The van der Waals surface area contributed by atoms with E-state index >= 15 is 0 Å². The van der Waals surface area contributed by atoms with E-state index in [1.165, 1.54) is 89.0 Å². The molecule has 0 radical (unpaired) electrons. The fourth-order valence-corrected chi connectivity index (χ4v) is 7.02. The highest BCUT2D eigenvalue weighted by atomic mass is 31.2. The summed E-state index contributed by atoms with van der Waals surface area (Å²) in [5.74, 6) is -0.951. The van der Waals surface area contributed by atoms with Gasteiger partial charge in [0, 0.05) is 12.8 Å². The number of nitrogens with zero attached hydrogens (tertiary/aromatic N) is 3. The molecule has 12 heteroatoms. The smallest absolute Gasteiger partial charge is 0.306 e. The number of unbranched alkanes of at least 4 members (excludes halogenated alkanes) is 15. The van der Waals surface area contributed by atoms with Gasteiger partial charge in [-0.15, -0.1) is 0 Å². The van der Waals surface area contributed by atoms with Crippen LogP contribution < -0.4 is 4.89 Å². The molecule has 0 aliphatic rings. The van der Waals surface area contributed by atoms with Gasteiger partial charge in [0.25, 0.3) is 7.82 Å². The molecule has 0 N–H and O–H groups in total. The van der Waals surface area contributed by atoms with Crippen LogP contribution in [0.5, 0.6) is 0 Å². The third kappa shape index (κ3) is 27.7. The summed E-state index contributed by atoms with van der Waals surface area (Å²) in [7, 11) is 1.08. The van der Waals surface area contributed by atoms with E-state index in [2.05, 4.69) is 36.2 Å². The third-order valence-electron chi connectivity index (χ3n) is 9.96. The number of hydrogen-bond acceptors (Lipinski definition) is 10. The van der Waals surface area contributed by atoms with Crippen molar-refractivity contribution in [3.63, 3.8) is 0 Å². The van der Waals surface area contributed by atoms with Gasteiger partial charge in [-0.05, 0) is 67.5 Å². The number of phosphoric ester groups is 1. The monoisotopic (exact) mass is 830 g/mol. The Kier molecular flexibility index (Phi) is 27.4. The minimum absolute atomic E-state index is 0.0558. The minimum atomic E-state index is -4.67. The van der Waals surface area contributed by atoms with Crippen LogP contribution in [0.15, 0.2) is 58.8 Å². The molecule has 0 amide bonds. The van der Waals surface area contributed by atoms with Crippen LogP contribution in [0.2, 0.25) is 0 Å². The second-order valence-corrected chi connectivity index (χ2v) is 18.0. The molecule has 1 unspecified atom stereocenters. The summed E-state index contributed by atoms with van der Waals surface area (Å²) in [5.41, 5.74) is 3.85. The summed E-state index contributed by atoms with van der Waals surface area (Å²) in [6, 6.07) is 15.8. The van der Waals surface area contributed by atoms with Gasteiger partial charge in [0.15, 0.2) is 6.10 Å². The van der Waals surface area contributed by atoms with Crippen LogP contribution in [0.4, 0.5) is 11.4 Å². The van der Waals surface area contributed by atoms with Crippen molar-refractivity contribution >= 4 is 31.1 Å². The van der Waals surface area contributed by atoms with Gasteiger partial charge in [-0.3, -0.25) is 14.2 Å². The molecule has 0 aliphatic heterocycles. The molecule has 0 aromatic heterocycles. The molecule has 2 atom stereocenters. The van der Waals surface area contributed by atoms with E-state index in [-0.39, 0.29) is 26.1 Å². The second kappa shape index (κ2) is 31.0. The van der Waals surface area contributed by atoms with E-state index < -0.39 is 32.5 Å². The Bertz CT molecular complexity index is 1450. The van der Waals surface area contributed by atoms with Crippen molar-refractivity contribution in [2.75, 3.05) is 47.5 Å². The molecular formula is C46H76N3O8P. The molecule has 2 aromatic rings. The van der Waals surface area contributed by atoms with Crippen molar-refractivity contribution in [2.24, 2.45) is 10.2 Å². The number of benzene rings is 2. The Morgan fingerprint density at radius 1 is 0.603 bits per heavy atom. The summed E-state index contributed by atoms with van der Waals surface area (Å²) in [6.45, 7) is 4.02. The van der Waals surface area contributed by atoms with Gasteiger partial charge in [-0.1, -0.05) is 134 Å². The zero-order chi connectivity index (χ0) is 42.3. The van der Waals surface area contributed by atoms with E-state index in [1.807, 2.05) is 57.5 Å². The first-order chi connectivity index (χ1) is 27.9. The van der Waals surface area contributed by atoms with Gasteiger partial charge >= 0.3 is 11.9 Å². The maximum absolute atomic E-state index is 12.8. The lowest BCUT2D eigenvalue weighted by Gasteiger charge is -2.28. The fraction of sp³-hybridized carbons (Fsp3) is 0.696. The SMILES string of the molecule is CCCCCCCCCCCCCCCCCC(=O)OC[C@H](COP(=O)([O-])OCC[N+](C)(C)C)OC(=O)CCCc1ccc(N=Nc2ccc(CCCC)cc2)cc1. The van der Waals surface area contributed by atoms with E-state index in [4.69, 9.17) is 18.5 Å². The predicted molar refractivity (Wildman–Crippen MR) is 231 cm³/mol. The van der Waals surface area contributed by atoms with Crippen LogP contribution in [0.25, 0.3) is 0 Å². The van der Waals surface area contributed by atoms with Gasteiger partial charge < -0.3 is 27.9 Å². The van der Waals surface area contributed by atoms with Crippen LogP contribution in [0, 0.1) is 0 Å². The van der Waals surface area contributed by atoms with E-state index in [9.17, 15) is 19.0 Å². The average molecular weight is 830 g/mol. The molecule has 0 bridgehead atoms. The normalized spacial score (nSPS) is 13.4. The molecule has 0 heterocycles. The molecule has 0 saturated heterocycles. The molecule has 0 aliphatic carbocycles. The van der Waals surface area contributed by atoms with Crippen LogP contribution >= 0.6 is 7.82 Å². The van der Waals surface area contributed by atoms with Gasteiger partial charge in [0.2, 0.25) is 0 Å². The molecule has 0 saturated carbocycles. The highest BCUT2D eigenvalue weighted by Crippen LogP contribution is 2.38. The number of carbonyl (C=O) groups excluding carboxylic acids is 2. The van der Waals surface area contributed by atoms with Crippen LogP contribution in [0.3, 0.4) is 0 Å². The number of rotatable bonds is 35. The van der Waals surface area contributed by atoms with E-state index in [1.54, 1.807) is 0 Å². The fourth-order valence-electron chi connectivity index (χ4n) is 6.29. The predicted octanol–water partition coefficient (Wildman–Crippen LogP) is 11.7. The first-order valence-corrected chi connectivity index (χ1v) is 23.7. The number of likely N-dealkylation sites (N-methyl/N-ethyl adjacent to an activating group) is 1. The number of ether oxygens (including phenoxy) is 2. The summed E-state index contributed by atoms with van der Waals surface area (Å²) in [6.07, 6.45) is 22.3. The first-order valence-electron chi connectivity index (χ1n) is 22.2. The maximum Gasteiger partial charge on any atom is 0.306 e. The lowest BCUT2D eigenvalue weighted by Crippen LogP contribution is -2.37. The van der Waals surface area contributed by atoms with Crippen molar-refractivity contribution < 1.29 is 42.1 Å². The number of azo groups is 1. The third-order valence-corrected chi connectivity index (χ3v) is 10.9. The van der Waals surface area contributed by atoms with E-state index in [0.717, 1.165) is 42.6 Å². The minimum Gasteiger partial charge on any atom is -0.756 e. The number of quaternary nitrogens is 1. The first kappa shape index (κ1) is 51.2. The molecule has 2 aromatic carbocycles. The lowest BCUT2D eigenvalue weighted by atomic mass is 10.0. The van der Waals surface area contributed by atoms with Crippen LogP contribution in [-0.4, -0.2) is 70.0 Å². The standard InChI is InChI=1S/C46H76N3O8P/c1-6-8-10-11-12-13-14-15-16-17-18-19-20-21-22-26-45(50)54-38-44(39-56-58(52,53)55-37-36-49(3,4)5)57-46(51)27-23-25-41-30-34-43(35-31-41)48-47-42-32-28-40(29-33-42)24-9-7-2/h28-35,44H,6-27,36-39H2,1-5H3/t44-/m1/s1. The molecule has 0 spiro atoms. The van der Waals surface area contributed by atoms with Crippen molar-refractivity contribution in [3.05, 3.63) is 59.7 Å². The Morgan fingerprint density at radius 2 is 1.05 bits per heavy atom. The summed E-state index contributed by atoms with van der Waals surface area (Å²) < 4.78 is 34.0. The topological polar surface area (TPSA) is 136 Å². The number of esters is 2. The molecular weight excluding hydrogens is 753 g/mol. The summed E-state index contributed by atoms with van der Waals surface area (Å²) >= 11 is 0. The average Bonchev–Trinajstić information content (AvgIpc) is 3.19. The summed E-state index contributed by atoms with van der Waals surface area (Å²) in [5, 5.41) is 8.69. The van der Waals surface area contributed by atoms with Gasteiger partial charge in [-0.25, -0.2) is 0 Å². The lowest BCUT2D eigenvalue weighted by molar-refractivity contribution is -0.870. The highest BCUT2D eigenvalue weighted by molar-refractivity contribution is 7.45. The highest BCUT2D eigenvalue weighted by Gasteiger charge is 2.22. The van der Waals surface area contributed by atoms with Crippen molar-refractivity contribution in [1.82, 2.24) is 0 Å². The maximum atomic E-state index is 12.8. The largest absolute Gasteiger partial charge is 0.756 e. The summed E-state index contributed by atoms with van der Waals surface area (Å²) in [4.78, 5) is 37.8. The van der Waals surface area contributed by atoms with Gasteiger partial charge in [0.05, 0.1) is 39.1 Å². The second-order valence-electron chi connectivity index (χ2n) is 16.6. The zero-order valence-electron chi connectivity index (χ0n) is 36.6. The molecule has 11 nitrogen and oxygen atoms in total. The Balaban J connectivity index is 1.73. The number of hydrogen-bond donors (Lipinski definition) is 0. The van der Waals surface area contributed by atoms with Gasteiger partial charge in [-0.2, -0.15) is 10.2 Å². The number of aryl methyl sites for hydroxylation is 2. The van der Waals surface area contributed by atoms with Crippen LogP contribution in [0.1, 0.15) is 153 Å². The van der Waals surface area contributed by atoms with E-state index in [0.29, 0.717) is 30.3 Å². The molecule has 328 valence electrons. The van der Waals surface area contributed by atoms with Gasteiger partial charge in [0.1, 0.15) is 19.8 Å². The van der Waals surface area contributed by atoms with Crippen LogP contribution in [-0.2, 0) is 45.5 Å². The number of carbonyl (C=O) groups is 2.